The minimum atomic E-state index is -0.602. The topological polar surface area (TPSA) is 58.6 Å². The highest BCUT2D eigenvalue weighted by molar-refractivity contribution is 5.68. The number of benzene rings is 2. The molecule has 4 nitrogen and oxygen atoms in total. The van der Waals surface area contributed by atoms with Gasteiger partial charge in [0.2, 0.25) is 0 Å². The Morgan fingerprint density at radius 2 is 1.88 bits per heavy atom. The predicted octanol–water partition coefficient (Wildman–Crippen LogP) is 4.01. The average molecular weight is 331 g/mol. The third-order valence-corrected chi connectivity index (χ3v) is 3.31. The van der Waals surface area contributed by atoms with Crippen molar-refractivity contribution in [2.75, 3.05) is 0 Å². The van der Waals surface area contributed by atoms with Gasteiger partial charge in [-0.1, -0.05) is 24.3 Å². The minimum Gasteiger partial charge on any atom is -0.444 e. The first-order chi connectivity index (χ1) is 11.3. The Labute approximate surface area is 141 Å². The van der Waals surface area contributed by atoms with Crippen LogP contribution < -0.4 is 5.32 Å². The first-order valence-corrected chi connectivity index (χ1v) is 7.74. The summed E-state index contributed by atoms with van der Waals surface area (Å²) in [5, 5.41) is 11.8. The number of aliphatic hydroxyl groups excluding tert-OH is 1. The first kappa shape index (κ1) is 17.9. The molecule has 0 fully saturated rings. The van der Waals surface area contributed by atoms with Crippen molar-refractivity contribution in [2.45, 2.75) is 39.5 Å². The van der Waals surface area contributed by atoms with E-state index in [9.17, 15) is 14.3 Å². The summed E-state index contributed by atoms with van der Waals surface area (Å²) in [7, 11) is 0. The number of aliphatic hydroxyl groups is 1. The zero-order valence-corrected chi connectivity index (χ0v) is 14.1. The summed E-state index contributed by atoms with van der Waals surface area (Å²) in [5.74, 6) is -0.395. The molecular weight excluding hydrogens is 309 g/mol. The molecule has 0 aliphatic rings. The fraction of sp³-hybridized carbons (Fsp3) is 0.316. The van der Waals surface area contributed by atoms with Gasteiger partial charge in [0.15, 0.2) is 0 Å². The van der Waals surface area contributed by atoms with Gasteiger partial charge < -0.3 is 15.2 Å². The van der Waals surface area contributed by atoms with E-state index in [1.54, 1.807) is 32.9 Å². The number of nitrogens with one attached hydrogen (secondary N) is 1. The molecule has 0 saturated heterocycles. The normalized spacial score (nSPS) is 11.2. The Morgan fingerprint density at radius 3 is 2.54 bits per heavy atom. The fourth-order valence-electron chi connectivity index (χ4n) is 2.22. The van der Waals surface area contributed by atoms with E-state index in [-0.39, 0.29) is 13.2 Å². The van der Waals surface area contributed by atoms with Crippen LogP contribution in [0.25, 0.3) is 11.1 Å². The molecule has 0 atom stereocenters. The van der Waals surface area contributed by atoms with Crippen LogP contribution in [0.5, 0.6) is 0 Å². The molecule has 2 aromatic rings. The van der Waals surface area contributed by atoms with Gasteiger partial charge in [0.05, 0.1) is 6.61 Å². The van der Waals surface area contributed by atoms with Crippen molar-refractivity contribution in [1.29, 1.82) is 0 Å². The predicted molar refractivity (Wildman–Crippen MR) is 90.8 cm³/mol. The Bertz CT molecular complexity index is 723. The lowest BCUT2D eigenvalue weighted by Crippen LogP contribution is -2.32. The van der Waals surface area contributed by atoms with E-state index in [1.165, 1.54) is 6.07 Å². The second-order valence-electron chi connectivity index (χ2n) is 6.52. The van der Waals surface area contributed by atoms with Crippen molar-refractivity contribution in [3.8, 4) is 11.1 Å². The highest BCUT2D eigenvalue weighted by atomic mass is 19.1. The Morgan fingerprint density at radius 1 is 1.17 bits per heavy atom. The van der Waals surface area contributed by atoms with Gasteiger partial charge >= 0.3 is 6.09 Å². The number of carbonyl (C=O) groups excluding carboxylic acids is 1. The molecule has 2 aromatic carbocycles. The van der Waals surface area contributed by atoms with Gasteiger partial charge in [0, 0.05) is 12.1 Å². The molecule has 0 radical (unpaired) electrons. The van der Waals surface area contributed by atoms with Gasteiger partial charge in [-0.15, -0.1) is 0 Å². The molecule has 1 amide bonds. The van der Waals surface area contributed by atoms with Crippen LogP contribution in [0.2, 0.25) is 0 Å². The molecule has 0 aliphatic carbocycles. The molecule has 0 bridgehead atoms. The number of amides is 1. The van der Waals surface area contributed by atoms with E-state index in [0.29, 0.717) is 5.56 Å². The van der Waals surface area contributed by atoms with Gasteiger partial charge in [-0.2, -0.15) is 0 Å². The average Bonchev–Trinajstić information content (AvgIpc) is 2.52. The van der Waals surface area contributed by atoms with Crippen LogP contribution in [0.4, 0.5) is 9.18 Å². The van der Waals surface area contributed by atoms with E-state index in [2.05, 4.69) is 5.32 Å². The fourth-order valence-corrected chi connectivity index (χ4v) is 2.22. The Hall–Kier alpha value is -2.40. The smallest absolute Gasteiger partial charge is 0.407 e. The molecule has 0 spiro atoms. The molecule has 0 saturated carbocycles. The summed E-state index contributed by atoms with van der Waals surface area (Å²) >= 11 is 0. The van der Waals surface area contributed by atoms with Gasteiger partial charge in [0.1, 0.15) is 11.4 Å². The number of halogens is 1. The van der Waals surface area contributed by atoms with Crippen LogP contribution in [-0.2, 0) is 17.9 Å². The standard InChI is InChI=1S/C19H22FNO3/c1-19(2,3)24-18(23)21-11-16-10-15(7-8-17(16)20)14-6-4-5-13(9-14)12-22/h4-10,22H,11-12H2,1-3H3,(H,21,23). The van der Waals surface area contributed by atoms with E-state index in [1.807, 2.05) is 24.3 Å². The molecule has 0 heterocycles. The maximum absolute atomic E-state index is 14.0. The van der Waals surface area contributed by atoms with Crippen molar-refractivity contribution in [3.63, 3.8) is 0 Å². The first-order valence-electron chi connectivity index (χ1n) is 7.74. The van der Waals surface area contributed by atoms with Gasteiger partial charge in [-0.05, 0) is 55.7 Å². The van der Waals surface area contributed by atoms with Crippen molar-refractivity contribution in [1.82, 2.24) is 5.32 Å². The molecule has 2 N–H and O–H groups in total. The number of hydrogen-bond acceptors (Lipinski definition) is 3. The Kier molecular flexibility index (Phi) is 5.57. The number of alkyl carbamates (subject to hydrolysis) is 1. The molecule has 24 heavy (non-hydrogen) atoms. The molecule has 5 heteroatoms. The van der Waals surface area contributed by atoms with Crippen molar-refractivity contribution < 1.29 is 19.0 Å². The SMILES string of the molecule is CC(C)(C)OC(=O)NCc1cc(-c2cccc(CO)c2)ccc1F. The zero-order valence-electron chi connectivity index (χ0n) is 14.1. The lowest BCUT2D eigenvalue weighted by Gasteiger charge is -2.19. The summed E-state index contributed by atoms with van der Waals surface area (Å²) in [6.45, 7) is 5.28. The maximum atomic E-state index is 14.0. The monoisotopic (exact) mass is 331 g/mol. The van der Waals surface area contributed by atoms with Crippen molar-refractivity contribution in [3.05, 3.63) is 59.4 Å². The molecular formula is C19H22FNO3. The van der Waals surface area contributed by atoms with Crippen LogP contribution >= 0.6 is 0 Å². The molecule has 0 aliphatic heterocycles. The highest BCUT2D eigenvalue weighted by Gasteiger charge is 2.16. The largest absolute Gasteiger partial charge is 0.444 e. The van der Waals surface area contributed by atoms with Crippen molar-refractivity contribution in [2.24, 2.45) is 0 Å². The summed E-state index contributed by atoms with van der Waals surface area (Å²) in [6, 6.07) is 12.1. The van der Waals surface area contributed by atoms with Gasteiger partial charge in [-0.3, -0.25) is 0 Å². The molecule has 0 unspecified atom stereocenters. The summed E-state index contributed by atoms with van der Waals surface area (Å²) in [6.07, 6.45) is -0.588. The molecule has 2 rings (SSSR count). The number of ether oxygens (including phenoxy) is 1. The van der Waals surface area contributed by atoms with Crippen LogP contribution in [0.3, 0.4) is 0 Å². The third-order valence-electron chi connectivity index (χ3n) is 3.31. The number of rotatable bonds is 4. The number of hydrogen-bond donors (Lipinski definition) is 2. The van der Waals surface area contributed by atoms with Crippen molar-refractivity contribution >= 4 is 6.09 Å². The summed E-state index contributed by atoms with van der Waals surface area (Å²) in [5.41, 5.74) is 2.24. The molecule has 128 valence electrons. The van der Waals surface area contributed by atoms with E-state index in [0.717, 1.165) is 16.7 Å². The zero-order chi connectivity index (χ0) is 17.7. The summed E-state index contributed by atoms with van der Waals surface area (Å²) in [4.78, 5) is 11.7. The van der Waals surface area contributed by atoms with E-state index >= 15 is 0 Å². The van der Waals surface area contributed by atoms with Crippen LogP contribution in [0, 0.1) is 5.82 Å². The van der Waals surface area contributed by atoms with Crippen LogP contribution in [0.1, 0.15) is 31.9 Å². The highest BCUT2D eigenvalue weighted by Crippen LogP contribution is 2.23. The lowest BCUT2D eigenvalue weighted by atomic mass is 10.0. The van der Waals surface area contributed by atoms with E-state index < -0.39 is 17.5 Å². The Balaban J connectivity index is 2.15. The second kappa shape index (κ2) is 7.45. The minimum absolute atomic E-state index is 0.0360. The maximum Gasteiger partial charge on any atom is 0.407 e. The van der Waals surface area contributed by atoms with Gasteiger partial charge in [0.25, 0.3) is 0 Å². The van der Waals surface area contributed by atoms with Gasteiger partial charge in [-0.25, -0.2) is 9.18 Å². The number of carbonyl (C=O) groups is 1. The third kappa shape index (κ3) is 5.06. The molecule has 0 aromatic heterocycles. The van der Waals surface area contributed by atoms with E-state index in [4.69, 9.17) is 4.74 Å². The van der Waals surface area contributed by atoms with Crippen LogP contribution in [0.15, 0.2) is 42.5 Å². The quantitative estimate of drug-likeness (QED) is 0.890. The second-order valence-corrected chi connectivity index (χ2v) is 6.52. The summed E-state index contributed by atoms with van der Waals surface area (Å²) < 4.78 is 19.1. The lowest BCUT2D eigenvalue weighted by molar-refractivity contribution is 0.0523. The van der Waals surface area contributed by atoms with Crippen LogP contribution in [-0.4, -0.2) is 16.8 Å².